The zero-order valence-corrected chi connectivity index (χ0v) is 29.2. The molecule has 1 saturated carbocycles. The second-order valence-electron chi connectivity index (χ2n) is 16.0. The number of aryl methyl sites for hydroxylation is 1. The van der Waals surface area contributed by atoms with Crippen molar-refractivity contribution < 1.29 is 0 Å². The van der Waals surface area contributed by atoms with Crippen molar-refractivity contribution in [2.24, 2.45) is 0 Å². The summed E-state index contributed by atoms with van der Waals surface area (Å²) in [4.78, 5) is 2.54. The van der Waals surface area contributed by atoms with Crippen molar-refractivity contribution in [2.45, 2.75) is 117 Å². The molecule has 5 aromatic carbocycles. The minimum Gasteiger partial charge on any atom is -0.309 e. The van der Waals surface area contributed by atoms with Crippen molar-refractivity contribution in [3.05, 3.63) is 113 Å². The van der Waals surface area contributed by atoms with Crippen molar-refractivity contribution in [2.75, 3.05) is 4.90 Å². The fraction of sp³-hybridized carbons (Fsp3) is 0.409. The maximum atomic E-state index is 2.54. The molecule has 0 amide bonds. The predicted molar refractivity (Wildman–Crippen MR) is 198 cm³/mol. The van der Waals surface area contributed by atoms with E-state index in [0.717, 1.165) is 0 Å². The van der Waals surface area contributed by atoms with Crippen LogP contribution in [0, 0.1) is 6.92 Å². The fourth-order valence-electron chi connectivity index (χ4n) is 7.34. The number of nitrogens with zero attached hydrogens (tertiary/aromatic N) is 1. The van der Waals surface area contributed by atoms with Gasteiger partial charge in [-0.25, -0.2) is 0 Å². The van der Waals surface area contributed by atoms with Gasteiger partial charge in [0.05, 0.1) is 5.69 Å². The highest BCUT2D eigenvalue weighted by molar-refractivity contribution is 6.16. The normalized spacial score (nSPS) is 14.9. The number of rotatable bonds is 5. The summed E-state index contributed by atoms with van der Waals surface area (Å²) in [6.07, 6.45) is 6.73. The molecular formula is C44H53N. The van der Waals surface area contributed by atoms with Gasteiger partial charge in [-0.2, -0.15) is 0 Å². The van der Waals surface area contributed by atoms with Crippen LogP contribution in [0.3, 0.4) is 0 Å². The Morgan fingerprint density at radius 2 is 1.09 bits per heavy atom. The molecule has 0 saturated heterocycles. The third-order valence-corrected chi connectivity index (χ3v) is 10.4. The molecule has 0 atom stereocenters. The lowest BCUT2D eigenvalue weighted by molar-refractivity contribution is 0.443. The average molecular weight is 596 g/mol. The molecule has 0 bridgehead atoms. The van der Waals surface area contributed by atoms with Crippen molar-refractivity contribution in [1.82, 2.24) is 0 Å². The zero-order valence-electron chi connectivity index (χ0n) is 29.2. The third-order valence-electron chi connectivity index (χ3n) is 10.4. The van der Waals surface area contributed by atoms with Crippen molar-refractivity contribution in [3.63, 3.8) is 0 Å². The maximum Gasteiger partial charge on any atom is 0.0618 e. The maximum absolute atomic E-state index is 2.54. The molecule has 1 fully saturated rings. The highest BCUT2D eigenvalue weighted by Crippen LogP contribution is 2.47. The Hall–Kier alpha value is -3.58. The molecule has 0 heterocycles. The first-order valence-corrected chi connectivity index (χ1v) is 17.3. The Balaban J connectivity index is 1.67. The second kappa shape index (κ2) is 12.0. The van der Waals surface area contributed by atoms with E-state index in [9.17, 15) is 0 Å². The monoisotopic (exact) mass is 595 g/mol. The minimum atomic E-state index is 0.0514. The lowest BCUT2D eigenvalue weighted by Gasteiger charge is -2.31. The molecule has 1 aliphatic carbocycles. The molecule has 1 aliphatic rings. The predicted octanol–water partition coefficient (Wildman–Crippen LogP) is 13.5. The summed E-state index contributed by atoms with van der Waals surface area (Å²) >= 11 is 0. The smallest absolute Gasteiger partial charge is 0.0618 e. The lowest BCUT2D eigenvalue weighted by atomic mass is 9.82. The summed E-state index contributed by atoms with van der Waals surface area (Å²) in [7, 11) is 0. The molecular weight excluding hydrogens is 542 g/mol. The van der Waals surface area contributed by atoms with E-state index in [1.54, 1.807) is 0 Å². The van der Waals surface area contributed by atoms with Crippen LogP contribution in [0.15, 0.2) is 84.9 Å². The Kier molecular flexibility index (Phi) is 8.36. The molecule has 0 unspecified atom stereocenters. The first-order chi connectivity index (χ1) is 21.3. The number of hydrogen-bond acceptors (Lipinski definition) is 1. The standard InChI is InChI=1S/C44H53N/c1-29(2)31-15-21-36(22-16-31)45(37-23-17-33(18-24-37)32-13-11-10-12-14-32)42-39-26-20-34(43(4,5)6)27-40(39)30(3)38-25-19-35(28-41(38)42)44(7,8)9/h15-29,32H,10-14H2,1-9H3. The molecule has 234 valence electrons. The Bertz CT molecular complexity index is 1800. The van der Waals surface area contributed by atoms with Crippen molar-refractivity contribution in [3.8, 4) is 0 Å². The molecule has 1 heteroatoms. The second-order valence-corrected chi connectivity index (χ2v) is 16.0. The first-order valence-electron chi connectivity index (χ1n) is 17.3. The van der Waals surface area contributed by atoms with Crippen LogP contribution in [0.5, 0.6) is 0 Å². The van der Waals surface area contributed by atoms with Crippen molar-refractivity contribution >= 4 is 38.6 Å². The Morgan fingerprint density at radius 3 is 1.62 bits per heavy atom. The van der Waals surface area contributed by atoms with Gasteiger partial charge in [-0.05, 0) is 111 Å². The van der Waals surface area contributed by atoms with E-state index in [0.29, 0.717) is 11.8 Å². The van der Waals surface area contributed by atoms with Gasteiger partial charge in [0.1, 0.15) is 0 Å². The molecule has 6 rings (SSSR count). The van der Waals surface area contributed by atoms with Crippen LogP contribution < -0.4 is 4.90 Å². The van der Waals surface area contributed by atoms with E-state index in [2.05, 4.69) is 152 Å². The summed E-state index contributed by atoms with van der Waals surface area (Å²) in [5.74, 6) is 1.19. The van der Waals surface area contributed by atoms with Crippen LogP contribution in [-0.4, -0.2) is 0 Å². The molecule has 0 radical (unpaired) electrons. The van der Waals surface area contributed by atoms with Crippen LogP contribution in [0.4, 0.5) is 17.1 Å². The average Bonchev–Trinajstić information content (AvgIpc) is 3.02. The molecule has 0 spiro atoms. The number of benzene rings is 5. The fourth-order valence-corrected chi connectivity index (χ4v) is 7.34. The van der Waals surface area contributed by atoms with Crippen LogP contribution in [0.2, 0.25) is 0 Å². The van der Waals surface area contributed by atoms with Gasteiger partial charge in [-0.1, -0.05) is 129 Å². The third kappa shape index (κ3) is 6.16. The molecule has 5 aromatic rings. The lowest BCUT2D eigenvalue weighted by Crippen LogP contribution is -2.15. The summed E-state index contributed by atoms with van der Waals surface area (Å²) in [6.45, 7) is 20.8. The van der Waals surface area contributed by atoms with E-state index in [1.807, 2.05) is 0 Å². The van der Waals surface area contributed by atoms with E-state index >= 15 is 0 Å². The SMILES string of the molecule is Cc1c2cc(C(C)(C)C)ccc2c(N(c2ccc(C(C)C)cc2)c2ccc(C3CCCCC3)cc2)c2cc(C(C)(C)C)ccc12. The highest BCUT2D eigenvalue weighted by Gasteiger charge is 2.25. The molecule has 1 nitrogen and oxygen atoms in total. The molecule has 45 heavy (non-hydrogen) atoms. The van der Waals surface area contributed by atoms with Crippen LogP contribution in [0.1, 0.15) is 127 Å². The Labute approximate surface area is 272 Å². The molecule has 0 aliphatic heterocycles. The zero-order chi connectivity index (χ0) is 32.1. The summed E-state index contributed by atoms with van der Waals surface area (Å²) < 4.78 is 0. The van der Waals surface area contributed by atoms with E-state index in [1.165, 1.54) is 98.5 Å². The van der Waals surface area contributed by atoms with E-state index in [-0.39, 0.29) is 10.8 Å². The highest BCUT2D eigenvalue weighted by atomic mass is 15.1. The van der Waals surface area contributed by atoms with Crippen LogP contribution in [-0.2, 0) is 10.8 Å². The van der Waals surface area contributed by atoms with Crippen molar-refractivity contribution in [1.29, 1.82) is 0 Å². The molecule has 0 aromatic heterocycles. The van der Waals surface area contributed by atoms with Gasteiger partial charge in [0.15, 0.2) is 0 Å². The van der Waals surface area contributed by atoms with Gasteiger partial charge in [0, 0.05) is 22.1 Å². The minimum absolute atomic E-state index is 0.0514. The van der Waals surface area contributed by atoms with E-state index < -0.39 is 0 Å². The van der Waals surface area contributed by atoms with Gasteiger partial charge in [0.25, 0.3) is 0 Å². The summed E-state index contributed by atoms with van der Waals surface area (Å²) in [5, 5.41) is 5.30. The number of fused-ring (bicyclic) bond motifs is 2. The van der Waals surface area contributed by atoms with Gasteiger partial charge in [0.2, 0.25) is 0 Å². The summed E-state index contributed by atoms with van der Waals surface area (Å²) in [6, 6.07) is 33.3. The van der Waals surface area contributed by atoms with Crippen LogP contribution >= 0.6 is 0 Å². The largest absolute Gasteiger partial charge is 0.309 e. The van der Waals surface area contributed by atoms with E-state index in [4.69, 9.17) is 0 Å². The van der Waals surface area contributed by atoms with Crippen LogP contribution in [0.25, 0.3) is 21.5 Å². The van der Waals surface area contributed by atoms with Gasteiger partial charge in [-0.15, -0.1) is 0 Å². The van der Waals surface area contributed by atoms with Gasteiger partial charge < -0.3 is 4.90 Å². The first kappa shape index (κ1) is 31.4. The number of hydrogen-bond donors (Lipinski definition) is 0. The topological polar surface area (TPSA) is 3.24 Å². The number of anilines is 3. The Morgan fingerprint density at radius 1 is 0.578 bits per heavy atom. The van der Waals surface area contributed by atoms with Gasteiger partial charge >= 0.3 is 0 Å². The van der Waals surface area contributed by atoms with Gasteiger partial charge in [-0.3, -0.25) is 0 Å². The quantitative estimate of drug-likeness (QED) is 0.183. The summed E-state index contributed by atoms with van der Waals surface area (Å²) in [5.41, 5.74) is 10.8. The molecule has 0 N–H and O–H groups in total.